The summed E-state index contributed by atoms with van der Waals surface area (Å²) >= 11 is 0. The zero-order valence-corrected chi connectivity index (χ0v) is 13.6. The van der Waals surface area contributed by atoms with Gasteiger partial charge in [0, 0.05) is 18.8 Å². The van der Waals surface area contributed by atoms with E-state index in [9.17, 15) is 18.0 Å². The predicted molar refractivity (Wildman–Crippen MR) is 84.4 cm³/mol. The van der Waals surface area contributed by atoms with Gasteiger partial charge in [-0.25, -0.2) is 8.42 Å². The highest BCUT2D eigenvalue weighted by Gasteiger charge is 2.28. The molecule has 0 aliphatic carbocycles. The quantitative estimate of drug-likeness (QED) is 0.835. The van der Waals surface area contributed by atoms with Gasteiger partial charge in [-0.3, -0.25) is 9.59 Å². The lowest BCUT2D eigenvalue weighted by molar-refractivity contribution is -0.131. The van der Waals surface area contributed by atoms with Crippen molar-refractivity contribution < 1.29 is 18.0 Å². The van der Waals surface area contributed by atoms with Gasteiger partial charge in [-0.15, -0.1) is 0 Å². The second-order valence-corrected chi connectivity index (χ2v) is 7.63. The van der Waals surface area contributed by atoms with Gasteiger partial charge in [0.15, 0.2) is 0 Å². The number of hydrogen-bond donors (Lipinski definition) is 2. The molecule has 0 unspecified atom stereocenters. The Labute approximate surface area is 135 Å². The smallest absolute Gasteiger partial charge is 0.241 e. The summed E-state index contributed by atoms with van der Waals surface area (Å²) in [7, 11) is -3.81. The molecular weight excluding hydrogens is 318 g/mol. The third-order valence-corrected chi connectivity index (χ3v) is 5.67. The molecular formula is C15H19N3O4S. The molecule has 0 spiro atoms. The molecule has 2 aliphatic heterocycles. The Hall–Kier alpha value is -1.93. The number of sulfonamides is 1. The van der Waals surface area contributed by atoms with Crippen molar-refractivity contribution in [1.82, 2.24) is 9.62 Å². The van der Waals surface area contributed by atoms with E-state index in [2.05, 4.69) is 10.0 Å². The molecule has 2 heterocycles. The van der Waals surface area contributed by atoms with Gasteiger partial charge in [-0.2, -0.15) is 4.72 Å². The third-order valence-electron chi connectivity index (χ3n) is 4.13. The van der Waals surface area contributed by atoms with E-state index in [4.69, 9.17) is 0 Å². The average Bonchev–Trinajstić information content (AvgIpc) is 3.13. The molecule has 124 valence electrons. The van der Waals surface area contributed by atoms with E-state index in [0.717, 1.165) is 12.8 Å². The topological polar surface area (TPSA) is 95.6 Å². The number of fused-ring (bicyclic) bond motifs is 1. The van der Waals surface area contributed by atoms with Crippen LogP contribution in [0, 0.1) is 0 Å². The van der Waals surface area contributed by atoms with Crippen LogP contribution in [0.5, 0.6) is 0 Å². The number of rotatable bonds is 4. The average molecular weight is 337 g/mol. The molecule has 1 saturated heterocycles. The van der Waals surface area contributed by atoms with Crippen molar-refractivity contribution in [2.75, 3.05) is 18.4 Å². The van der Waals surface area contributed by atoms with Crippen molar-refractivity contribution >= 4 is 27.5 Å². The van der Waals surface area contributed by atoms with Crippen molar-refractivity contribution in [3.63, 3.8) is 0 Å². The first kappa shape index (κ1) is 15.9. The SMILES string of the molecule is C[C@@H](NS(=O)(=O)c1ccc2c(c1)CC(=O)N2)C(=O)N1CCCC1. The number of likely N-dealkylation sites (tertiary alicyclic amines) is 1. The predicted octanol–water partition coefficient (Wildman–Crippen LogP) is 0.470. The molecule has 23 heavy (non-hydrogen) atoms. The lowest BCUT2D eigenvalue weighted by atomic mass is 10.2. The maximum absolute atomic E-state index is 12.5. The van der Waals surface area contributed by atoms with Crippen molar-refractivity contribution in [3.8, 4) is 0 Å². The molecule has 1 fully saturated rings. The van der Waals surface area contributed by atoms with Gasteiger partial charge < -0.3 is 10.2 Å². The number of nitrogens with zero attached hydrogens (tertiary/aromatic N) is 1. The Bertz CT molecular complexity index is 754. The third kappa shape index (κ3) is 3.23. The van der Waals surface area contributed by atoms with Crippen LogP contribution in [0.4, 0.5) is 5.69 Å². The molecule has 1 aromatic rings. The van der Waals surface area contributed by atoms with Crippen LogP contribution in [0.15, 0.2) is 23.1 Å². The van der Waals surface area contributed by atoms with Crippen LogP contribution >= 0.6 is 0 Å². The van der Waals surface area contributed by atoms with Crippen LogP contribution in [0.1, 0.15) is 25.3 Å². The molecule has 2 aliphatic rings. The summed E-state index contributed by atoms with van der Waals surface area (Å²) in [6.45, 7) is 2.91. The maximum Gasteiger partial charge on any atom is 0.241 e. The highest BCUT2D eigenvalue weighted by Crippen LogP contribution is 2.25. The van der Waals surface area contributed by atoms with E-state index >= 15 is 0 Å². The number of nitrogens with one attached hydrogen (secondary N) is 2. The fraction of sp³-hybridized carbons (Fsp3) is 0.467. The molecule has 3 rings (SSSR count). The standard InChI is InChI=1S/C15H19N3O4S/c1-10(15(20)18-6-2-3-7-18)17-23(21,22)12-4-5-13-11(8-12)9-14(19)16-13/h4-5,8,10,17H,2-3,6-7,9H2,1H3,(H,16,19)/t10-/m1/s1. The zero-order valence-electron chi connectivity index (χ0n) is 12.8. The Morgan fingerprint density at radius 2 is 2.00 bits per heavy atom. The van der Waals surface area contributed by atoms with Gasteiger partial charge >= 0.3 is 0 Å². The Kier molecular flexibility index (Phi) is 4.11. The number of benzene rings is 1. The van der Waals surface area contributed by atoms with Gasteiger partial charge in [0.05, 0.1) is 17.4 Å². The fourth-order valence-corrected chi connectivity index (χ4v) is 4.18. The molecule has 8 heteroatoms. The summed E-state index contributed by atoms with van der Waals surface area (Å²) < 4.78 is 27.3. The van der Waals surface area contributed by atoms with Gasteiger partial charge in [0.25, 0.3) is 0 Å². The first-order valence-corrected chi connectivity index (χ1v) is 9.09. The molecule has 0 aromatic heterocycles. The fourth-order valence-electron chi connectivity index (χ4n) is 2.94. The van der Waals surface area contributed by atoms with E-state index in [1.54, 1.807) is 17.9 Å². The first-order valence-electron chi connectivity index (χ1n) is 7.61. The minimum absolute atomic E-state index is 0.0637. The molecule has 0 bridgehead atoms. The van der Waals surface area contributed by atoms with E-state index in [-0.39, 0.29) is 23.1 Å². The molecule has 1 atom stereocenters. The van der Waals surface area contributed by atoms with Crippen molar-refractivity contribution in [1.29, 1.82) is 0 Å². The number of carbonyl (C=O) groups is 2. The maximum atomic E-state index is 12.5. The lowest BCUT2D eigenvalue weighted by Gasteiger charge is -2.21. The zero-order chi connectivity index (χ0) is 16.6. The highest BCUT2D eigenvalue weighted by molar-refractivity contribution is 7.89. The van der Waals surface area contributed by atoms with Crippen LogP contribution in [-0.4, -0.2) is 44.3 Å². The van der Waals surface area contributed by atoms with Crippen LogP contribution in [0.25, 0.3) is 0 Å². The molecule has 0 radical (unpaired) electrons. The normalized spacial score (nSPS) is 18.7. The highest BCUT2D eigenvalue weighted by atomic mass is 32.2. The summed E-state index contributed by atoms with van der Waals surface area (Å²) in [5.74, 6) is -0.357. The van der Waals surface area contributed by atoms with Gasteiger partial charge in [-0.1, -0.05) is 0 Å². The second kappa shape index (κ2) is 5.93. The Morgan fingerprint density at radius 3 is 2.70 bits per heavy atom. The number of anilines is 1. The lowest BCUT2D eigenvalue weighted by Crippen LogP contribution is -2.45. The molecule has 0 saturated carbocycles. The van der Waals surface area contributed by atoms with Crippen LogP contribution in [0.3, 0.4) is 0 Å². The Balaban J connectivity index is 1.75. The minimum atomic E-state index is -3.81. The number of carbonyl (C=O) groups excluding carboxylic acids is 2. The summed E-state index contributed by atoms with van der Waals surface area (Å²) in [4.78, 5) is 25.3. The summed E-state index contributed by atoms with van der Waals surface area (Å²) in [6, 6.07) is 3.66. The molecule has 2 N–H and O–H groups in total. The van der Waals surface area contributed by atoms with Crippen LogP contribution in [0.2, 0.25) is 0 Å². The van der Waals surface area contributed by atoms with E-state index in [1.165, 1.54) is 12.1 Å². The molecule has 7 nitrogen and oxygen atoms in total. The molecule has 2 amide bonds. The van der Waals surface area contributed by atoms with Crippen molar-refractivity contribution in [3.05, 3.63) is 23.8 Å². The summed E-state index contributed by atoms with van der Waals surface area (Å²) in [5.41, 5.74) is 1.28. The summed E-state index contributed by atoms with van der Waals surface area (Å²) in [6.07, 6.45) is 2.08. The van der Waals surface area contributed by atoms with E-state index in [0.29, 0.717) is 24.3 Å². The second-order valence-electron chi connectivity index (χ2n) is 5.92. The Morgan fingerprint density at radius 1 is 1.30 bits per heavy atom. The van der Waals surface area contributed by atoms with E-state index < -0.39 is 16.1 Å². The van der Waals surface area contributed by atoms with Gasteiger partial charge in [0.2, 0.25) is 21.8 Å². The minimum Gasteiger partial charge on any atom is -0.341 e. The first-order chi connectivity index (χ1) is 10.9. The monoisotopic (exact) mass is 337 g/mol. The number of amides is 2. The van der Waals surface area contributed by atoms with Crippen molar-refractivity contribution in [2.24, 2.45) is 0 Å². The number of hydrogen-bond acceptors (Lipinski definition) is 4. The molecule has 1 aromatic carbocycles. The van der Waals surface area contributed by atoms with Crippen LogP contribution < -0.4 is 10.0 Å². The van der Waals surface area contributed by atoms with Crippen molar-refractivity contribution in [2.45, 2.75) is 37.1 Å². The summed E-state index contributed by atoms with van der Waals surface area (Å²) in [5, 5.41) is 2.66. The van der Waals surface area contributed by atoms with Gasteiger partial charge in [-0.05, 0) is 43.5 Å². The van der Waals surface area contributed by atoms with Crippen LogP contribution in [-0.2, 0) is 26.0 Å². The largest absolute Gasteiger partial charge is 0.341 e. The van der Waals surface area contributed by atoms with E-state index in [1.807, 2.05) is 0 Å². The van der Waals surface area contributed by atoms with Gasteiger partial charge in [0.1, 0.15) is 0 Å².